The number of hydrogen-bond acceptors (Lipinski definition) is 5. The number of esters is 1. The number of carbonyl (C=O) groups excluding carboxylic acids is 1. The number of ether oxygens (including phenoxy) is 1. The van der Waals surface area contributed by atoms with Crippen molar-refractivity contribution in [2.45, 2.75) is 45.6 Å². The largest absolute Gasteiger partial charge is 0.465 e. The van der Waals surface area contributed by atoms with Gasteiger partial charge in [0.25, 0.3) is 5.56 Å². The number of rotatable bonds is 8. The molecular formula is C20H28N2O4Si. The SMILES string of the molecule is CCOC(=O)Cn1ccc(CC(O[Si](C)(C)C)c2ccccc2)c(N)c1=O. The molecule has 7 heteroatoms. The molecule has 1 aromatic carbocycles. The van der Waals surface area contributed by atoms with Crippen LogP contribution < -0.4 is 11.3 Å². The lowest BCUT2D eigenvalue weighted by Gasteiger charge is -2.27. The maximum atomic E-state index is 12.5. The van der Waals surface area contributed by atoms with Gasteiger partial charge in [-0.1, -0.05) is 30.3 Å². The van der Waals surface area contributed by atoms with Gasteiger partial charge >= 0.3 is 5.97 Å². The van der Waals surface area contributed by atoms with Crippen LogP contribution in [0.3, 0.4) is 0 Å². The first kappa shape index (κ1) is 20.9. The zero-order valence-corrected chi connectivity index (χ0v) is 17.4. The van der Waals surface area contributed by atoms with Crippen molar-refractivity contribution in [1.29, 1.82) is 0 Å². The molecule has 6 nitrogen and oxygen atoms in total. The highest BCUT2D eigenvalue weighted by atomic mass is 28.4. The fourth-order valence-corrected chi connectivity index (χ4v) is 3.87. The molecule has 146 valence electrons. The Morgan fingerprint density at radius 3 is 2.44 bits per heavy atom. The molecular weight excluding hydrogens is 360 g/mol. The molecule has 0 fully saturated rings. The summed E-state index contributed by atoms with van der Waals surface area (Å²) in [6.45, 7) is 8.23. The van der Waals surface area contributed by atoms with Gasteiger partial charge in [-0.15, -0.1) is 0 Å². The van der Waals surface area contributed by atoms with Crippen molar-refractivity contribution < 1.29 is 14.0 Å². The topological polar surface area (TPSA) is 83.6 Å². The molecule has 0 saturated carbocycles. The molecule has 0 amide bonds. The van der Waals surface area contributed by atoms with Crippen LogP contribution in [0.1, 0.15) is 24.2 Å². The van der Waals surface area contributed by atoms with Gasteiger partial charge < -0.3 is 19.5 Å². The molecule has 2 aromatic rings. The number of nitrogen functional groups attached to an aromatic ring is 1. The minimum absolute atomic E-state index is 0.141. The van der Waals surface area contributed by atoms with Crippen molar-refractivity contribution in [2.24, 2.45) is 0 Å². The lowest BCUT2D eigenvalue weighted by molar-refractivity contribution is -0.143. The molecule has 1 atom stereocenters. The first-order valence-electron chi connectivity index (χ1n) is 9.07. The minimum atomic E-state index is -1.82. The van der Waals surface area contributed by atoms with Crippen LogP contribution in [0.4, 0.5) is 5.69 Å². The highest BCUT2D eigenvalue weighted by molar-refractivity contribution is 6.69. The van der Waals surface area contributed by atoms with Gasteiger partial charge in [0.05, 0.1) is 12.7 Å². The molecule has 1 unspecified atom stereocenters. The van der Waals surface area contributed by atoms with Crippen molar-refractivity contribution in [1.82, 2.24) is 4.57 Å². The van der Waals surface area contributed by atoms with E-state index in [2.05, 4.69) is 19.6 Å². The Balaban J connectivity index is 2.29. The van der Waals surface area contributed by atoms with Crippen LogP contribution in [0.25, 0.3) is 0 Å². The number of anilines is 1. The Labute approximate surface area is 161 Å². The van der Waals surface area contributed by atoms with Crippen molar-refractivity contribution in [3.8, 4) is 0 Å². The highest BCUT2D eigenvalue weighted by Crippen LogP contribution is 2.27. The van der Waals surface area contributed by atoms with Crippen LogP contribution >= 0.6 is 0 Å². The number of aromatic nitrogens is 1. The lowest BCUT2D eigenvalue weighted by atomic mass is 10.0. The van der Waals surface area contributed by atoms with Gasteiger partial charge in [-0.05, 0) is 43.8 Å². The summed E-state index contributed by atoms with van der Waals surface area (Å²) in [5, 5.41) is 0. The van der Waals surface area contributed by atoms with E-state index in [4.69, 9.17) is 14.9 Å². The second-order valence-electron chi connectivity index (χ2n) is 7.33. The molecule has 0 radical (unpaired) electrons. The second kappa shape index (κ2) is 9.01. The van der Waals surface area contributed by atoms with Crippen LogP contribution in [-0.2, 0) is 26.9 Å². The summed E-state index contributed by atoms with van der Waals surface area (Å²) in [4.78, 5) is 24.2. The van der Waals surface area contributed by atoms with Crippen molar-refractivity contribution in [2.75, 3.05) is 12.3 Å². The molecule has 1 aromatic heterocycles. The Morgan fingerprint density at radius 2 is 1.85 bits per heavy atom. The Bertz CT molecular complexity index is 828. The predicted molar refractivity (Wildman–Crippen MR) is 109 cm³/mol. The molecule has 0 aliphatic rings. The quantitative estimate of drug-likeness (QED) is 0.555. The average Bonchev–Trinajstić information content (AvgIpc) is 2.60. The smallest absolute Gasteiger partial charge is 0.326 e. The zero-order chi connectivity index (χ0) is 20.0. The normalized spacial score (nSPS) is 12.6. The Kier molecular flexibility index (Phi) is 6.98. The highest BCUT2D eigenvalue weighted by Gasteiger charge is 2.24. The fourth-order valence-electron chi connectivity index (χ4n) is 2.80. The van der Waals surface area contributed by atoms with E-state index in [1.807, 2.05) is 30.3 Å². The molecule has 1 heterocycles. The molecule has 2 rings (SSSR count). The van der Waals surface area contributed by atoms with Gasteiger partial charge in [-0.3, -0.25) is 9.59 Å². The van der Waals surface area contributed by atoms with Crippen LogP contribution in [0, 0.1) is 0 Å². The molecule has 0 spiro atoms. The number of benzene rings is 1. The van der Waals surface area contributed by atoms with Gasteiger partial charge in [0, 0.05) is 12.6 Å². The van der Waals surface area contributed by atoms with E-state index in [-0.39, 0.29) is 30.5 Å². The number of hydrogen-bond donors (Lipinski definition) is 1. The van der Waals surface area contributed by atoms with Crippen LogP contribution in [-0.4, -0.2) is 25.5 Å². The Morgan fingerprint density at radius 1 is 1.19 bits per heavy atom. The average molecular weight is 389 g/mol. The lowest BCUT2D eigenvalue weighted by Crippen LogP contribution is -2.30. The van der Waals surface area contributed by atoms with E-state index in [0.29, 0.717) is 12.0 Å². The second-order valence-corrected chi connectivity index (χ2v) is 11.8. The minimum Gasteiger partial charge on any atom is -0.465 e. The fraction of sp³-hybridized carbons (Fsp3) is 0.400. The molecule has 0 aliphatic carbocycles. The van der Waals surface area contributed by atoms with Crippen LogP contribution in [0.5, 0.6) is 0 Å². The first-order valence-corrected chi connectivity index (χ1v) is 12.5. The summed E-state index contributed by atoms with van der Waals surface area (Å²) in [6.07, 6.45) is 1.90. The Hall–Kier alpha value is -2.38. The van der Waals surface area contributed by atoms with E-state index in [1.54, 1.807) is 19.2 Å². The summed E-state index contributed by atoms with van der Waals surface area (Å²) in [5.41, 5.74) is 7.61. The monoisotopic (exact) mass is 388 g/mol. The third kappa shape index (κ3) is 6.08. The predicted octanol–water partition coefficient (Wildman–Crippen LogP) is 3.13. The molecule has 27 heavy (non-hydrogen) atoms. The summed E-state index contributed by atoms with van der Waals surface area (Å²) in [7, 11) is -1.82. The first-order chi connectivity index (χ1) is 12.7. The van der Waals surface area contributed by atoms with Crippen molar-refractivity contribution >= 4 is 20.0 Å². The number of pyridine rings is 1. The van der Waals surface area contributed by atoms with Gasteiger partial charge in [0.2, 0.25) is 0 Å². The van der Waals surface area contributed by atoms with E-state index in [1.165, 1.54) is 4.57 Å². The van der Waals surface area contributed by atoms with E-state index < -0.39 is 14.3 Å². The van der Waals surface area contributed by atoms with Gasteiger partial charge in [-0.2, -0.15) is 0 Å². The maximum Gasteiger partial charge on any atom is 0.326 e. The molecule has 2 N–H and O–H groups in total. The molecule has 0 bridgehead atoms. The van der Waals surface area contributed by atoms with Gasteiger partial charge in [0.1, 0.15) is 12.2 Å². The van der Waals surface area contributed by atoms with E-state index in [9.17, 15) is 9.59 Å². The van der Waals surface area contributed by atoms with Crippen molar-refractivity contribution in [3.63, 3.8) is 0 Å². The third-order valence-electron chi connectivity index (χ3n) is 3.97. The van der Waals surface area contributed by atoms with Crippen molar-refractivity contribution in [3.05, 3.63) is 64.1 Å². The summed E-state index contributed by atoms with van der Waals surface area (Å²) in [6, 6.07) is 11.7. The molecule has 0 saturated heterocycles. The van der Waals surface area contributed by atoms with Gasteiger partial charge in [0.15, 0.2) is 8.32 Å². The standard InChI is InChI=1S/C20H28N2O4Si/c1-5-25-18(23)14-22-12-11-16(19(21)20(22)24)13-17(26-27(2,3)4)15-9-7-6-8-10-15/h6-12,17H,5,13-14,21H2,1-4H3. The zero-order valence-electron chi connectivity index (χ0n) is 16.4. The maximum absolute atomic E-state index is 12.5. The number of carbonyl (C=O) groups is 1. The summed E-state index contributed by atoms with van der Waals surface area (Å²) in [5.74, 6) is -0.462. The van der Waals surface area contributed by atoms with E-state index in [0.717, 1.165) is 5.56 Å². The number of nitrogens with two attached hydrogens (primary N) is 1. The third-order valence-corrected chi connectivity index (χ3v) is 4.96. The summed E-state index contributed by atoms with van der Waals surface area (Å²) < 4.78 is 12.5. The number of nitrogens with zero attached hydrogens (tertiary/aromatic N) is 1. The van der Waals surface area contributed by atoms with Gasteiger partial charge in [-0.25, -0.2) is 0 Å². The summed E-state index contributed by atoms with van der Waals surface area (Å²) >= 11 is 0. The van der Waals surface area contributed by atoms with Crippen LogP contribution in [0.2, 0.25) is 19.6 Å². The van der Waals surface area contributed by atoms with Crippen LogP contribution in [0.15, 0.2) is 47.4 Å². The van der Waals surface area contributed by atoms with E-state index >= 15 is 0 Å². The molecule has 0 aliphatic heterocycles.